The van der Waals surface area contributed by atoms with Gasteiger partial charge >= 0.3 is 0 Å². The highest BCUT2D eigenvalue weighted by Gasteiger charge is 2.28. The number of carbonyl (C=O) groups is 2. The zero-order valence-corrected chi connectivity index (χ0v) is 20.9. The van der Waals surface area contributed by atoms with E-state index < -0.39 is 0 Å². The SMILES string of the molecule is CCN(CC)CC(=O)N(C)c1ccc(NC(=C2C(=O)Nc3cc(Cl)ccc32)c2ccccc2)cc1. The van der Waals surface area contributed by atoms with Gasteiger partial charge in [0.25, 0.3) is 5.91 Å². The molecule has 4 rings (SSSR count). The van der Waals surface area contributed by atoms with Crippen molar-refractivity contribution >= 4 is 51.7 Å². The van der Waals surface area contributed by atoms with Crippen LogP contribution in [0.5, 0.6) is 0 Å². The summed E-state index contributed by atoms with van der Waals surface area (Å²) in [5.74, 6) is -0.147. The zero-order chi connectivity index (χ0) is 24.9. The van der Waals surface area contributed by atoms with Crippen molar-refractivity contribution in [2.75, 3.05) is 42.2 Å². The van der Waals surface area contributed by atoms with E-state index in [-0.39, 0.29) is 11.8 Å². The maximum atomic E-state index is 13.0. The lowest BCUT2D eigenvalue weighted by Gasteiger charge is -2.23. The number of rotatable bonds is 8. The van der Waals surface area contributed by atoms with E-state index in [0.717, 1.165) is 35.6 Å². The fraction of sp³-hybridized carbons (Fsp3) is 0.214. The van der Waals surface area contributed by atoms with E-state index in [4.69, 9.17) is 11.6 Å². The number of hydrogen-bond acceptors (Lipinski definition) is 4. The molecule has 0 radical (unpaired) electrons. The van der Waals surface area contributed by atoms with Crippen molar-refractivity contribution in [1.29, 1.82) is 0 Å². The van der Waals surface area contributed by atoms with Crippen molar-refractivity contribution in [3.8, 4) is 0 Å². The van der Waals surface area contributed by atoms with Crippen LogP contribution < -0.4 is 15.5 Å². The minimum absolute atomic E-state index is 0.0411. The Bertz CT molecular complexity index is 1250. The number of likely N-dealkylation sites (N-methyl/N-ethyl adjacent to an activating group) is 2. The van der Waals surface area contributed by atoms with Crippen molar-refractivity contribution < 1.29 is 9.59 Å². The highest BCUT2D eigenvalue weighted by atomic mass is 35.5. The molecule has 0 aliphatic carbocycles. The zero-order valence-electron chi connectivity index (χ0n) is 20.1. The van der Waals surface area contributed by atoms with E-state index in [1.165, 1.54) is 0 Å². The minimum atomic E-state index is -0.188. The van der Waals surface area contributed by atoms with Crippen LogP contribution >= 0.6 is 11.6 Å². The van der Waals surface area contributed by atoms with Crippen molar-refractivity contribution in [2.45, 2.75) is 13.8 Å². The average Bonchev–Trinajstić information content (AvgIpc) is 3.20. The second-order valence-electron chi connectivity index (χ2n) is 8.35. The van der Waals surface area contributed by atoms with Crippen LogP contribution in [0.4, 0.5) is 17.1 Å². The van der Waals surface area contributed by atoms with Gasteiger partial charge in [-0.15, -0.1) is 0 Å². The minimum Gasteiger partial charge on any atom is -0.354 e. The third-order valence-electron chi connectivity index (χ3n) is 6.19. The van der Waals surface area contributed by atoms with Crippen LogP contribution in [0.1, 0.15) is 25.0 Å². The van der Waals surface area contributed by atoms with Crippen LogP contribution in [-0.4, -0.2) is 43.4 Å². The Hall–Kier alpha value is -3.61. The topological polar surface area (TPSA) is 64.7 Å². The maximum Gasteiger partial charge on any atom is 0.258 e. The van der Waals surface area contributed by atoms with Gasteiger partial charge in [-0.1, -0.05) is 61.8 Å². The third-order valence-corrected chi connectivity index (χ3v) is 6.43. The molecule has 0 atom stereocenters. The molecule has 180 valence electrons. The predicted molar refractivity (Wildman–Crippen MR) is 145 cm³/mol. The molecule has 3 aromatic carbocycles. The summed E-state index contributed by atoms with van der Waals surface area (Å²) in [5, 5.41) is 6.92. The van der Waals surface area contributed by atoms with Gasteiger partial charge in [0.15, 0.2) is 0 Å². The fourth-order valence-corrected chi connectivity index (χ4v) is 4.25. The Morgan fingerprint density at radius 1 is 0.971 bits per heavy atom. The number of nitrogens with zero attached hydrogens (tertiary/aromatic N) is 2. The molecule has 1 aliphatic rings. The number of carbonyl (C=O) groups excluding carboxylic acids is 2. The van der Waals surface area contributed by atoms with Gasteiger partial charge in [0, 0.05) is 29.0 Å². The first-order chi connectivity index (χ1) is 16.9. The number of hydrogen-bond donors (Lipinski definition) is 2. The molecule has 2 N–H and O–H groups in total. The summed E-state index contributed by atoms with van der Waals surface area (Å²) >= 11 is 6.14. The Morgan fingerprint density at radius 2 is 1.66 bits per heavy atom. The average molecular weight is 489 g/mol. The van der Waals surface area contributed by atoms with Crippen molar-refractivity contribution in [3.63, 3.8) is 0 Å². The number of amides is 2. The molecule has 0 fully saturated rings. The molecule has 0 saturated heterocycles. The van der Waals surface area contributed by atoms with Crippen molar-refractivity contribution in [3.05, 3.63) is 88.9 Å². The van der Waals surface area contributed by atoms with E-state index in [2.05, 4.69) is 15.5 Å². The molecule has 0 saturated carbocycles. The first-order valence-corrected chi connectivity index (χ1v) is 12.1. The smallest absolute Gasteiger partial charge is 0.258 e. The molecule has 0 aromatic heterocycles. The molecular weight excluding hydrogens is 460 g/mol. The van der Waals surface area contributed by atoms with E-state index in [9.17, 15) is 9.59 Å². The molecule has 7 heteroatoms. The summed E-state index contributed by atoms with van der Waals surface area (Å²) < 4.78 is 0. The Labute approximate surface area is 211 Å². The summed E-state index contributed by atoms with van der Waals surface area (Å²) in [7, 11) is 1.79. The van der Waals surface area contributed by atoms with Crippen LogP contribution in [0.3, 0.4) is 0 Å². The summed E-state index contributed by atoms with van der Waals surface area (Å²) in [6.07, 6.45) is 0. The standard InChI is InChI=1S/C28H29ClN4O2/c1-4-33(5-2)18-25(34)32(3)22-14-12-21(13-15-22)30-27(19-9-7-6-8-10-19)26-23-16-11-20(29)17-24(23)31-28(26)35/h6-17,30H,4-5,18H2,1-3H3,(H,31,35). The van der Waals surface area contributed by atoms with E-state index in [0.29, 0.717) is 28.5 Å². The number of benzene rings is 3. The van der Waals surface area contributed by atoms with Gasteiger partial charge in [-0.2, -0.15) is 0 Å². The molecule has 6 nitrogen and oxygen atoms in total. The first kappa shape index (κ1) is 24.5. The van der Waals surface area contributed by atoms with Gasteiger partial charge in [0.2, 0.25) is 5.91 Å². The van der Waals surface area contributed by atoms with Crippen molar-refractivity contribution in [2.24, 2.45) is 0 Å². The summed E-state index contributed by atoms with van der Waals surface area (Å²) in [6, 6.07) is 22.8. The number of anilines is 3. The molecule has 1 heterocycles. The predicted octanol–water partition coefficient (Wildman–Crippen LogP) is 5.58. The van der Waals surface area contributed by atoms with Gasteiger partial charge in [-0.05, 0) is 55.1 Å². The van der Waals surface area contributed by atoms with Gasteiger partial charge in [0.05, 0.1) is 23.5 Å². The van der Waals surface area contributed by atoms with E-state index >= 15 is 0 Å². The van der Waals surface area contributed by atoms with Crippen LogP contribution in [0.25, 0.3) is 11.3 Å². The Balaban J connectivity index is 1.64. The molecule has 35 heavy (non-hydrogen) atoms. The third kappa shape index (κ3) is 5.39. The summed E-state index contributed by atoms with van der Waals surface area (Å²) in [4.78, 5) is 29.4. The maximum absolute atomic E-state index is 13.0. The Kier molecular flexibility index (Phi) is 7.54. The van der Waals surface area contributed by atoms with Gasteiger partial charge in [-0.25, -0.2) is 0 Å². The lowest BCUT2D eigenvalue weighted by atomic mass is 10.00. The molecule has 1 aliphatic heterocycles. The second-order valence-corrected chi connectivity index (χ2v) is 8.78. The van der Waals surface area contributed by atoms with Gasteiger partial charge in [0.1, 0.15) is 0 Å². The molecule has 0 bridgehead atoms. The summed E-state index contributed by atoms with van der Waals surface area (Å²) in [6.45, 7) is 6.14. The van der Waals surface area contributed by atoms with Crippen LogP contribution in [0.2, 0.25) is 5.02 Å². The highest BCUT2D eigenvalue weighted by Crippen LogP contribution is 2.38. The number of halogens is 1. The largest absolute Gasteiger partial charge is 0.354 e. The van der Waals surface area contributed by atoms with Crippen LogP contribution in [0.15, 0.2) is 72.8 Å². The summed E-state index contributed by atoms with van der Waals surface area (Å²) in [5.41, 5.74) is 5.23. The number of fused-ring (bicyclic) bond motifs is 1. The molecule has 0 spiro atoms. The fourth-order valence-electron chi connectivity index (χ4n) is 4.08. The molecule has 2 amide bonds. The Morgan fingerprint density at radius 3 is 2.31 bits per heavy atom. The van der Waals surface area contributed by atoms with Crippen molar-refractivity contribution in [1.82, 2.24) is 4.90 Å². The second kappa shape index (κ2) is 10.8. The van der Waals surface area contributed by atoms with E-state index in [1.54, 1.807) is 24.1 Å². The molecule has 0 unspecified atom stereocenters. The lowest BCUT2D eigenvalue weighted by Crippen LogP contribution is -2.38. The van der Waals surface area contributed by atoms with E-state index in [1.807, 2.05) is 74.5 Å². The van der Waals surface area contributed by atoms with Crippen LogP contribution in [0, 0.1) is 0 Å². The lowest BCUT2D eigenvalue weighted by molar-refractivity contribution is -0.119. The number of nitrogens with one attached hydrogen (secondary N) is 2. The monoisotopic (exact) mass is 488 g/mol. The highest BCUT2D eigenvalue weighted by molar-refractivity contribution is 6.38. The van der Waals surface area contributed by atoms with Gasteiger partial charge in [-0.3, -0.25) is 14.5 Å². The van der Waals surface area contributed by atoms with Gasteiger partial charge < -0.3 is 15.5 Å². The normalized spacial score (nSPS) is 13.9. The quantitative estimate of drug-likeness (QED) is 0.406. The molecular formula is C28H29ClN4O2. The van der Waals surface area contributed by atoms with Crippen LogP contribution in [-0.2, 0) is 9.59 Å². The first-order valence-electron chi connectivity index (χ1n) is 11.7. The molecule has 3 aromatic rings.